The van der Waals surface area contributed by atoms with Crippen molar-refractivity contribution in [2.75, 3.05) is 13.1 Å². The van der Waals surface area contributed by atoms with Crippen molar-refractivity contribution in [1.82, 2.24) is 20.4 Å². The van der Waals surface area contributed by atoms with E-state index in [1.54, 1.807) is 10.9 Å². The lowest BCUT2D eigenvalue weighted by atomic mass is 9.87. The summed E-state index contributed by atoms with van der Waals surface area (Å²) in [5.41, 5.74) is 0.289. The van der Waals surface area contributed by atoms with Gasteiger partial charge in [-0.05, 0) is 50.6 Å². The molecule has 2 aromatic rings. The van der Waals surface area contributed by atoms with Gasteiger partial charge in [0, 0.05) is 17.4 Å². The van der Waals surface area contributed by atoms with Crippen molar-refractivity contribution in [1.29, 1.82) is 0 Å². The van der Waals surface area contributed by atoms with E-state index in [-0.39, 0.29) is 11.9 Å². The first kappa shape index (κ1) is 16.0. The number of aromatic nitrogens is 2. The third kappa shape index (κ3) is 3.12. The minimum Gasteiger partial charge on any atom is -0.347 e. The van der Waals surface area contributed by atoms with Crippen LogP contribution in [-0.2, 0) is 10.3 Å². The Morgan fingerprint density at radius 1 is 1.35 bits per heavy atom. The van der Waals surface area contributed by atoms with Gasteiger partial charge < -0.3 is 10.6 Å². The highest BCUT2D eigenvalue weighted by Crippen LogP contribution is 2.29. The SMILES string of the molecule is CC(NC(=O)C1(n2cccn2)CCNCC1)c1ccccc1Cl. The van der Waals surface area contributed by atoms with Crippen molar-refractivity contribution in [3.05, 3.63) is 53.3 Å². The highest BCUT2D eigenvalue weighted by Gasteiger charge is 2.42. The fourth-order valence-corrected chi connectivity index (χ4v) is 3.46. The van der Waals surface area contributed by atoms with Crippen LogP contribution in [0.2, 0.25) is 5.02 Å². The third-order valence-electron chi connectivity index (χ3n) is 4.52. The minimum absolute atomic E-state index is 0.00452. The van der Waals surface area contributed by atoms with Crippen LogP contribution in [-0.4, -0.2) is 28.8 Å². The van der Waals surface area contributed by atoms with Gasteiger partial charge in [-0.2, -0.15) is 5.10 Å². The van der Waals surface area contributed by atoms with Crippen LogP contribution in [0, 0.1) is 0 Å². The number of rotatable bonds is 4. The third-order valence-corrected chi connectivity index (χ3v) is 4.86. The Morgan fingerprint density at radius 3 is 2.74 bits per heavy atom. The maximum absolute atomic E-state index is 13.1. The summed E-state index contributed by atoms with van der Waals surface area (Å²) in [4.78, 5) is 13.1. The number of nitrogens with one attached hydrogen (secondary N) is 2. The summed E-state index contributed by atoms with van der Waals surface area (Å²) in [7, 11) is 0. The van der Waals surface area contributed by atoms with Crippen LogP contribution in [0.25, 0.3) is 0 Å². The van der Waals surface area contributed by atoms with Crippen LogP contribution in [0.5, 0.6) is 0 Å². The molecule has 1 saturated heterocycles. The molecule has 122 valence electrons. The molecule has 23 heavy (non-hydrogen) atoms. The van der Waals surface area contributed by atoms with Crippen LogP contribution < -0.4 is 10.6 Å². The van der Waals surface area contributed by atoms with Crippen molar-refractivity contribution in [3.8, 4) is 0 Å². The summed E-state index contributed by atoms with van der Waals surface area (Å²) in [5.74, 6) is -0.00452. The lowest BCUT2D eigenvalue weighted by Crippen LogP contribution is -2.55. The lowest BCUT2D eigenvalue weighted by Gasteiger charge is -2.37. The molecule has 0 bridgehead atoms. The van der Waals surface area contributed by atoms with Gasteiger partial charge in [0.2, 0.25) is 5.91 Å². The number of carbonyl (C=O) groups is 1. The van der Waals surface area contributed by atoms with E-state index >= 15 is 0 Å². The van der Waals surface area contributed by atoms with Gasteiger partial charge in [-0.1, -0.05) is 29.8 Å². The second-order valence-electron chi connectivity index (χ2n) is 5.95. The van der Waals surface area contributed by atoms with Gasteiger partial charge in [-0.3, -0.25) is 9.48 Å². The molecular formula is C17H21ClN4O. The van der Waals surface area contributed by atoms with Crippen molar-refractivity contribution in [3.63, 3.8) is 0 Å². The van der Waals surface area contributed by atoms with Crippen LogP contribution in [0.4, 0.5) is 0 Å². The molecule has 6 heteroatoms. The summed E-state index contributed by atoms with van der Waals surface area (Å²) >= 11 is 6.24. The number of hydrogen-bond acceptors (Lipinski definition) is 3. The van der Waals surface area contributed by atoms with Crippen LogP contribution in [0.3, 0.4) is 0 Å². The number of nitrogens with zero attached hydrogens (tertiary/aromatic N) is 2. The summed E-state index contributed by atoms with van der Waals surface area (Å²) in [5, 5.41) is 11.4. The van der Waals surface area contributed by atoms with E-state index < -0.39 is 5.54 Å². The summed E-state index contributed by atoms with van der Waals surface area (Å²) in [6, 6.07) is 9.30. The minimum atomic E-state index is -0.635. The molecule has 1 aliphatic heterocycles. The van der Waals surface area contributed by atoms with Crippen molar-refractivity contribution < 1.29 is 4.79 Å². The monoisotopic (exact) mass is 332 g/mol. The van der Waals surface area contributed by atoms with E-state index in [1.807, 2.05) is 43.5 Å². The average molecular weight is 333 g/mol. The summed E-state index contributed by atoms with van der Waals surface area (Å²) < 4.78 is 1.79. The Kier molecular flexibility index (Phi) is 4.68. The van der Waals surface area contributed by atoms with E-state index in [2.05, 4.69) is 15.7 Å². The largest absolute Gasteiger partial charge is 0.347 e. The maximum Gasteiger partial charge on any atom is 0.248 e. The summed E-state index contributed by atoms with van der Waals surface area (Å²) in [6.07, 6.45) is 5.02. The van der Waals surface area contributed by atoms with Crippen LogP contribution in [0.15, 0.2) is 42.7 Å². The second kappa shape index (κ2) is 6.72. The fraction of sp³-hybridized carbons (Fsp3) is 0.412. The number of hydrogen-bond donors (Lipinski definition) is 2. The maximum atomic E-state index is 13.1. The Balaban J connectivity index is 1.83. The highest BCUT2D eigenvalue weighted by molar-refractivity contribution is 6.31. The number of carbonyl (C=O) groups excluding carboxylic acids is 1. The topological polar surface area (TPSA) is 59.0 Å². The van der Waals surface area contributed by atoms with E-state index in [0.29, 0.717) is 5.02 Å². The zero-order valence-electron chi connectivity index (χ0n) is 13.1. The molecule has 1 fully saturated rings. The Morgan fingerprint density at radius 2 is 2.09 bits per heavy atom. The first-order valence-electron chi connectivity index (χ1n) is 7.90. The molecule has 3 rings (SSSR count). The molecule has 1 aromatic carbocycles. The first-order valence-corrected chi connectivity index (χ1v) is 8.27. The molecule has 2 heterocycles. The normalized spacial score (nSPS) is 18.3. The van der Waals surface area contributed by atoms with E-state index in [9.17, 15) is 4.79 Å². The highest BCUT2D eigenvalue weighted by atomic mass is 35.5. The molecule has 0 saturated carbocycles. The zero-order chi connectivity index (χ0) is 16.3. The molecule has 2 N–H and O–H groups in total. The van der Waals surface area contributed by atoms with Gasteiger partial charge in [-0.15, -0.1) is 0 Å². The van der Waals surface area contributed by atoms with E-state index in [1.165, 1.54) is 0 Å². The fourth-order valence-electron chi connectivity index (χ4n) is 3.16. The predicted octanol–water partition coefficient (Wildman–Crippen LogP) is 2.49. The number of piperidine rings is 1. The molecule has 5 nitrogen and oxygen atoms in total. The smallest absolute Gasteiger partial charge is 0.248 e. The molecule has 0 spiro atoms. The molecular weight excluding hydrogens is 312 g/mol. The van der Waals surface area contributed by atoms with Gasteiger partial charge >= 0.3 is 0 Å². The van der Waals surface area contributed by atoms with Crippen molar-refractivity contribution >= 4 is 17.5 Å². The second-order valence-corrected chi connectivity index (χ2v) is 6.36. The first-order chi connectivity index (χ1) is 11.1. The number of halogens is 1. The Bertz CT molecular complexity index is 665. The van der Waals surface area contributed by atoms with Gasteiger partial charge in [-0.25, -0.2) is 0 Å². The van der Waals surface area contributed by atoms with Gasteiger partial charge in [0.25, 0.3) is 0 Å². The van der Waals surface area contributed by atoms with E-state index in [4.69, 9.17) is 11.6 Å². The molecule has 1 atom stereocenters. The average Bonchev–Trinajstić information content (AvgIpc) is 3.10. The quantitative estimate of drug-likeness (QED) is 0.904. The number of amides is 1. The Labute approximate surface area is 141 Å². The van der Waals surface area contributed by atoms with Gasteiger partial charge in [0.15, 0.2) is 0 Å². The Hall–Kier alpha value is -1.85. The molecule has 0 aliphatic carbocycles. The molecule has 0 radical (unpaired) electrons. The predicted molar refractivity (Wildman–Crippen MR) is 90.3 cm³/mol. The van der Waals surface area contributed by atoms with Crippen LogP contribution >= 0.6 is 11.6 Å². The summed E-state index contributed by atoms with van der Waals surface area (Å²) in [6.45, 7) is 3.55. The lowest BCUT2D eigenvalue weighted by molar-refractivity contribution is -0.132. The van der Waals surface area contributed by atoms with Gasteiger partial charge in [0.1, 0.15) is 5.54 Å². The molecule has 1 aliphatic rings. The molecule has 1 amide bonds. The standard InChI is InChI=1S/C17H21ClN4O/c1-13(14-5-2-3-6-15(14)18)21-16(23)17(7-10-19-11-8-17)22-12-4-9-20-22/h2-6,9,12-13,19H,7-8,10-11H2,1H3,(H,21,23). The van der Waals surface area contributed by atoms with E-state index in [0.717, 1.165) is 31.5 Å². The molecule has 1 aromatic heterocycles. The number of benzene rings is 1. The molecule has 1 unspecified atom stereocenters. The van der Waals surface area contributed by atoms with Crippen LogP contribution in [0.1, 0.15) is 31.4 Å². The van der Waals surface area contributed by atoms with Crippen molar-refractivity contribution in [2.24, 2.45) is 0 Å². The zero-order valence-corrected chi connectivity index (χ0v) is 13.9. The van der Waals surface area contributed by atoms with Crippen molar-refractivity contribution in [2.45, 2.75) is 31.3 Å². The van der Waals surface area contributed by atoms with Gasteiger partial charge in [0.05, 0.1) is 6.04 Å².